The highest BCUT2D eigenvalue weighted by Crippen LogP contribution is 2.50. The van der Waals surface area contributed by atoms with Crippen molar-refractivity contribution in [2.45, 2.75) is 104 Å². The quantitative estimate of drug-likeness (QED) is 0.0577. The van der Waals surface area contributed by atoms with Crippen LogP contribution in [0.4, 0.5) is 0 Å². The van der Waals surface area contributed by atoms with E-state index >= 15 is 0 Å². The summed E-state index contributed by atoms with van der Waals surface area (Å²) in [5.74, 6) is 3.35. The summed E-state index contributed by atoms with van der Waals surface area (Å²) < 4.78 is 36.2. The Morgan fingerprint density at radius 2 is 0.988 bits per heavy atom. The SMILES string of the molecule is CCOC(=O)c1c(C)oc2c1c(C(c1ccncc1)N1CCN(C)CC1)c(O)c1ccc(OCCC3CCCCC3)cc12.CCOC(=O)c1c(C)oc2c1c(C(c1ccncc1)N1CCN(C)CC1)c(O)c1ccc(OCCCC3CC3)cc12. The standard InChI is InChI=1S/C35H43N3O5.C33H39N3O5/c1-4-41-35(40)29-23(2)43-34-28-22-26(42-21-14-24-8-6-5-7-9-24)10-11-27(28)33(39)31(30(29)34)32(25-12-15-36-16-13-25)38-19-17-37(3)18-20-38;1-4-39-33(38)27-21(2)41-32-26-20-24(40-19-5-6-22-7-8-22)9-10-25(26)31(37)29(28(27)32)30(23-11-13-34-14-12-23)36-17-15-35(3)16-18-36/h10-13,15-16,22,24,32,39H,4-9,14,17-21H2,1-3H3;9-14,20,22,30,37H,4-8,15-19H2,1-3H3. The van der Waals surface area contributed by atoms with E-state index < -0.39 is 11.9 Å². The number of aromatic hydroxyl groups is 2. The van der Waals surface area contributed by atoms with Gasteiger partial charge >= 0.3 is 11.9 Å². The van der Waals surface area contributed by atoms with Crippen molar-refractivity contribution >= 4 is 55.4 Å². The largest absolute Gasteiger partial charge is 0.507 e. The Labute approximate surface area is 492 Å². The molecule has 84 heavy (non-hydrogen) atoms. The fraction of sp³-hybridized carbons (Fsp3) is 0.471. The van der Waals surface area contributed by atoms with Gasteiger partial charge in [0, 0.05) is 121 Å². The number of benzene rings is 4. The number of esters is 2. The van der Waals surface area contributed by atoms with Crippen LogP contribution >= 0.6 is 0 Å². The lowest BCUT2D eigenvalue weighted by atomic mass is 9.87. The van der Waals surface area contributed by atoms with E-state index in [0.29, 0.717) is 85.1 Å². The Balaban J connectivity index is 0.000000176. The number of phenolic OH excluding ortho intramolecular Hbond substituents is 2. The van der Waals surface area contributed by atoms with Crippen LogP contribution in [0, 0.1) is 25.7 Å². The maximum Gasteiger partial charge on any atom is 0.342 e. The Hall–Kier alpha value is -7.24. The number of nitrogens with zero attached hydrogens (tertiary/aromatic N) is 6. The van der Waals surface area contributed by atoms with Crippen molar-refractivity contribution in [2.24, 2.45) is 11.8 Å². The number of phenols is 2. The lowest BCUT2D eigenvalue weighted by Crippen LogP contribution is -2.46. The van der Waals surface area contributed by atoms with Crippen molar-refractivity contribution in [1.82, 2.24) is 29.6 Å². The first-order valence-electron chi connectivity index (χ1n) is 30.6. The molecule has 2 aliphatic heterocycles. The second kappa shape index (κ2) is 26.4. The van der Waals surface area contributed by atoms with Gasteiger partial charge in [-0.3, -0.25) is 19.8 Å². The van der Waals surface area contributed by atoms with Gasteiger partial charge in [0.15, 0.2) is 0 Å². The number of fused-ring (bicyclic) bond motifs is 6. The first-order valence-corrected chi connectivity index (χ1v) is 30.6. The number of aromatic nitrogens is 2. The topological polar surface area (TPSA) is 177 Å². The van der Waals surface area contributed by atoms with Gasteiger partial charge in [-0.15, -0.1) is 0 Å². The van der Waals surface area contributed by atoms with Crippen molar-refractivity contribution in [1.29, 1.82) is 0 Å². The van der Waals surface area contributed by atoms with Crippen LogP contribution in [0.1, 0.15) is 145 Å². The lowest BCUT2D eigenvalue weighted by molar-refractivity contribution is 0.0516. The van der Waals surface area contributed by atoms with Crippen molar-refractivity contribution in [2.75, 3.05) is 92.9 Å². The van der Waals surface area contributed by atoms with Gasteiger partial charge in [-0.1, -0.05) is 44.9 Å². The van der Waals surface area contributed by atoms with Gasteiger partial charge in [0.05, 0.1) is 38.5 Å². The third-order valence-electron chi connectivity index (χ3n) is 17.8. The van der Waals surface area contributed by atoms with Crippen molar-refractivity contribution in [3.63, 3.8) is 0 Å². The van der Waals surface area contributed by atoms with Crippen molar-refractivity contribution in [3.05, 3.63) is 130 Å². The number of rotatable bonds is 19. The summed E-state index contributed by atoms with van der Waals surface area (Å²) in [6, 6.07) is 18.8. The molecule has 2 unspecified atom stereocenters. The first-order chi connectivity index (χ1) is 40.9. The minimum atomic E-state index is -0.455. The van der Waals surface area contributed by atoms with Crippen LogP contribution in [0.3, 0.4) is 0 Å². The number of hydrogen-bond donors (Lipinski definition) is 2. The summed E-state index contributed by atoms with van der Waals surface area (Å²) in [6.07, 6.45) is 19.6. The van der Waals surface area contributed by atoms with E-state index in [9.17, 15) is 19.8 Å². The molecule has 0 amide bonds. The van der Waals surface area contributed by atoms with E-state index in [4.69, 9.17) is 27.8 Å². The summed E-state index contributed by atoms with van der Waals surface area (Å²) in [5, 5.41) is 28.2. The number of ether oxygens (including phenoxy) is 4. The molecule has 6 heterocycles. The van der Waals surface area contributed by atoms with E-state index in [-0.39, 0.29) is 36.8 Å². The van der Waals surface area contributed by atoms with Gasteiger partial charge in [0.1, 0.15) is 56.8 Å². The van der Waals surface area contributed by atoms with Gasteiger partial charge in [-0.05, 0) is 145 Å². The molecule has 16 nitrogen and oxygen atoms in total. The number of hydrogen-bond acceptors (Lipinski definition) is 16. The van der Waals surface area contributed by atoms with Crippen LogP contribution in [-0.2, 0) is 9.47 Å². The highest BCUT2D eigenvalue weighted by atomic mass is 16.5. The second-order valence-corrected chi connectivity index (χ2v) is 23.5. The summed E-state index contributed by atoms with van der Waals surface area (Å²) in [4.78, 5) is 44.7. The molecule has 4 aromatic carbocycles. The Bertz CT molecular complexity index is 3580. The molecule has 4 aromatic heterocycles. The number of carbonyl (C=O) groups excluding carboxylic acids is 2. The van der Waals surface area contributed by atoms with E-state index in [1.807, 2.05) is 60.7 Å². The average Bonchev–Trinajstić information content (AvgIpc) is 2.11. The number of aryl methyl sites for hydroxylation is 2. The molecule has 444 valence electrons. The van der Waals surface area contributed by atoms with Crippen molar-refractivity contribution in [3.8, 4) is 23.0 Å². The third-order valence-corrected chi connectivity index (χ3v) is 17.8. The minimum absolute atomic E-state index is 0.139. The normalized spacial score (nSPS) is 17.5. The zero-order valence-corrected chi connectivity index (χ0v) is 49.8. The van der Waals surface area contributed by atoms with E-state index in [2.05, 4.69) is 43.7 Å². The first kappa shape index (κ1) is 58.5. The molecule has 2 N–H and O–H groups in total. The zero-order chi connectivity index (χ0) is 58.4. The minimum Gasteiger partial charge on any atom is -0.507 e. The fourth-order valence-electron chi connectivity index (χ4n) is 13.1. The molecule has 0 spiro atoms. The number of carbonyl (C=O) groups is 2. The highest BCUT2D eigenvalue weighted by Gasteiger charge is 2.37. The Kier molecular flexibility index (Phi) is 18.4. The number of likely N-dealkylation sites (N-methyl/N-ethyl adjacent to an activating group) is 2. The van der Waals surface area contributed by atoms with Crippen LogP contribution < -0.4 is 9.47 Å². The maximum atomic E-state index is 13.5. The van der Waals surface area contributed by atoms with E-state index in [1.165, 1.54) is 51.4 Å². The highest BCUT2D eigenvalue weighted by molar-refractivity contribution is 6.18. The van der Waals surface area contributed by atoms with Crippen LogP contribution in [0.5, 0.6) is 23.0 Å². The van der Waals surface area contributed by atoms with Crippen molar-refractivity contribution < 1.29 is 47.6 Å². The number of furan rings is 2. The van der Waals surface area contributed by atoms with Crippen LogP contribution in [0.2, 0.25) is 0 Å². The Morgan fingerprint density at radius 3 is 1.42 bits per heavy atom. The molecule has 16 heteroatoms. The van der Waals surface area contributed by atoms with E-state index in [0.717, 1.165) is 105 Å². The van der Waals surface area contributed by atoms with Gasteiger partial charge in [0.2, 0.25) is 0 Å². The predicted molar refractivity (Wildman–Crippen MR) is 327 cm³/mol. The molecule has 2 saturated heterocycles. The van der Waals surface area contributed by atoms with Crippen LogP contribution in [0.25, 0.3) is 43.5 Å². The zero-order valence-electron chi connectivity index (χ0n) is 49.8. The molecule has 12 rings (SSSR count). The molecule has 2 atom stereocenters. The molecular formula is C68H82N6O10. The lowest BCUT2D eigenvalue weighted by Gasteiger charge is -2.39. The Morgan fingerprint density at radius 1 is 0.560 bits per heavy atom. The fourth-order valence-corrected chi connectivity index (χ4v) is 13.1. The molecule has 4 aliphatic rings. The summed E-state index contributed by atoms with van der Waals surface area (Å²) in [6.45, 7) is 15.8. The second-order valence-electron chi connectivity index (χ2n) is 23.5. The van der Waals surface area contributed by atoms with Gasteiger partial charge in [-0.2, -0.15) is 0 Å². The smallest absolute Gasteiger partial charge is 0.342 e. The molecule has 2 aliphatic carbocycles. The third kappa shape index (κ3) is 12.4. The number of piperazine rings is 2. The summed E-state index contributed by atoms with van der Waals surface area (Å²) in [7, 11) is 4.24. The summed E-state index contributed by atoms with van der Waals surface area (Å²) >= 11 is 0. The molecule has 8 aromatic rings. The molecule has 0 bridgehead atoms. The van der Waals surface area contributed by atoms with Crippen LogP contribution in [-0.4, -0.2) is 145 Å². The number of pyridine rings is 2. The molecular weight excluding hydrogens is 1060 g/mol. The molecule has 4 fully saturated rings. The van der Waals surface area contributed by atoms with Crippen LogP contribution in [0.15, 0.2) is 94.3 Å². The monoisotopic (exact) mass is 1140 g/mol. The summed E-state index contributed by atoms with van der Waals surface area (Å²) in [5.41, 5.74) is 5.14. The van der Waals surface area contributed by atoms with Gasteiger partial charge < -0.3 is 47.8 Å². The van der Waals surface area contributed by atoms with Gasteiger partial charge in [0.25, 0.3) is 0 Å². The molecule has 2 saturated carbocycles. The van der Waals surface area contributed by atoms with Gasteiger partial charge in [-0.25, -0.2) is 9.59 Å². The average molecular weight is 1140 g/mol. The maximum absolute atomic E-state index is 13.5. The predicted octanol–water partition coefficient (Wildman–Crippen LogP) is 12.9. The molecule has 0 radical (unpaired) electrons. The van der Waals surface area contributed by atoms with E-state index in [1.54, 1.807) is 52.5 Å².